The van der Waals surface area contributed by atoms with E-state index in [1.807, 2.05) is 24.3 Å². The summed E-state index contributed by atoms with van der Waals surface area (Å²) in [6.45, 7) is 11.9. The topological polar surface area (TPSA) is 122 Å². The molecular weight excluding hydrogens is 514 g/mol. The second-order valence-corrected chi connectivity index (χ2v) is 12.3. The molecular formula is C27H31N9O2S. The Morgan fingerprint density at radius 1 is 1.21 bits per heavy atom. The molecule has 1 aliphatic rings. The van der Waals surface area contributed by atoms with E-state index in [-0.39, 0.29) is 12.1 Å². The first kappa shape index (κ1) is 26.2. The standard InChI is InChI=1S/C27H31N9O2S/c1-6-14-35-26(37)22-15-28-27(30-20-10-12-21(13-11-20)34-16-18(2)29-19(3)17-34)32-25(22)36(35)24-9-7-8-23(31-24)33-39(4,5)38/h6-13,15,19,29H,1-2,14,16-17H2,3-5H3,(H,28,30,32)/t19-/m0/s1. The summed E-state index contributed by atoms with van der Waals surface area (Å²) in [6, 6.07) is 13.5. The number of rotatable bonds is 7. The number of benzene rings is 1. The summed E-state index contributed by atoms with van der Waals surface area (Å²) >= 11 is 0. The summed E-state index contributed by atoms with van der Waals surface area (Å²) in [7, 11) is -2.42. The normalized spacial score (nSPS) is 15.7. The van der Waals surface area contributed by atoms with E-state index in [2.05, 4.69) is 54.9 Å². The van der Waals surface area contributed by atoms with Crippen LogP contribution in [0.15, 0.2) is 82.7 Å². The van der Waals surface area contributed by atoms with Crippen molar-refractivity contribution >= 4 is 43.9 Å². The Hall–Kier alpha value is -4.45. The highest BCUT2D eigenvalue weighted by Gasteiger charge is 2.20. The summed E-state index contributed by atoms with van der Waals surface area (Å²) < 4.78 is 19.5. The Labute approximate surface area is 227 Å². The fraction of sp³-hybridized carbons (Fsp3) is 0.259. The molecule has 4 heterocycles. The van der Waals surface area contributed by atoms with Gasteiger partial charge in [0.1, 0.15) is 5.39 Å². The number of nitrogens with zero attached hydrogens (tertiary/aromatic N) is 7. The molecule has 0 amide bonds. The molecule has 39 heavy (non-hydrogen) atoms. The molecule has 0 bridgehead atoms. The SMILES string of the molecule is C=CCn1c(=O)c2cnc(Nc3ccc(N4CC(=C)N[C@@H](C)C4)cc3)nc2n1-c1cccc(N=S(C)(C)=O)n1. The van der Waals surface area contributed by atoms with Gasteiger partial charge in [0.05, 0.1) is 13.1 Å². The molecule has 1 saturated heterocycles. The van der Waals surface area contributed by atoms with Gasteiger partial charge in [-0.3, -0.25) is 4.79 Å². The number of piperazine rings is 1. The molecule has 0 aliphatic carbocycles. The number of fused-ring (bicyclic) bond motifs is 1. The highest BCUT2D eigenvalue weighted by atomic mass is 32.2. The molecule has 0 radical (unpaired) electrons. The first-order valence-corrected chi connectivity index (χ1v) is 14.7. The average Bonchev–Trinajstić information content (AvgIpc) is 3.14. The number of hydrogen-bond acceptors (Lipinski definition) is 9. The molecule has 2 N–H and O–H groups in total. The highest BCUT2D eigenvalue weighted by Crippen LogP contribution is 2.24. The molecule has 5 rings (SSSR count). The molecule has 3 aromatic heterocycles. The Kier molecular flexibility index (Phi) is 6.96. The fourth-order valence-electron chi connectivity index (χ4n) is 4.56. The third-order valence-corrected chi connectivity index (χ3v) is 6.67. The van der Waals surface area contributed by atoms with Crippen molar-refractivity contribution in [3.8, 4) is 5.82 Å². The van der Waals surface area contributed by atoms with Crippen molar-refractivity contribution in [2.75, 3.05) is 35.8 Å². The van der Waals surface area contributed by atoms with Crippen LogP contribution in [0.5, 0.6) is 0 Å². The van der Waals surface area contributed by atoms with Crippen molar-refractivity contribution in [1.82, 2.24) is 29.6 Å². The van der Waals surface area contributed by atoms with Gasteiger partial charge in [-0.2, -0.15) is 9.35 Å². The predicted octanol–water partition coefficient (Wildman–Crippen LogP) is 3.58. The van der Waals surface area contributed by atoms with E-state index in [1.54, 1.807) is 41.5 Å². The monoisotopic (exact) mass is 545 g/mol. The summed E-state index contributed by atoms with van der Waals surface area (Å²) in [5.74, 6) is 1.04. The van der Waals surface area contributed by atoms with Crippen LogP contribution in [-0.2, 0) is 16.3 Å². The van der Waals surface area contributed by atoms with Gasteiger partial charge in [0.15, 0.2) is 17.3 Å². The van der Waals surface area contributed by atoms with Crippen molar-refractivity contribution in [1.29, 1.82) is 0 Å². The minimum atomic E-state index is -2.42. The molecule has 1 aromatic carbocycles. The van der Waals surface area contributed by atoms with E-state index in [0.717, 1.165) is 30.2 Å². The number of hydrogen-bond donors (Lipinski definition) is 2. The Morgan fingerprint density at radius 2 is 1.97 bits per heavy atom. The van der Waals surface area contributed by atoms with Crippen LogP contribution in [0.25, 0.3) is 16.9 Å². The van der Waals surface area contributed by atoms with Crippen LogP contribution in [0.1, 0.15) is 6.92 Å². The third kappa shape index (κ3) is 5.70. The van der Waals surface area contributed by atoms with Gasteiger partial charge in [-0.25, -0.2) is 23.5 Å². The number of aromatic nitrogens is 5. The zero-order valence-corrected chi connectivity index (χ0v) is 23.0. The van der Waals surface area contributed by atoms with Gasteiger partial charge in [0.2, 0.25) is 5.95 Å². The molecule has 1 fully saturated rings. The smallest absolute Gasteiger partial charge is 0.278 e. The molecule has 202 valence electrons. The summed E-state index contributed by atoms with van der Waals surface area (Å²) in [5, 5.41) is 6.93. The Bertz CT molecular complexity index is 1740. The number of allylic oxidation sites excluding steroid dienone is 1. The summed E-state index contributed by atoms with van der Waals surface area (Å²) in [4.78, 5) is 29.1. The van der Waals surface area contributed by atoms with Crippen LogP contribution in [0, 0.1) is 0 Å². The van der Waals surface area contributed by atoms with Crippen molar-refractivity contribution in [2.45, 2.75) is 19.5 Å². The molecule has 11 nitrogen and oxygen atoms in total. The van der Waals surface area contributed by atoms with Gasteiger partial charge in [-0.15, -0.1) is 6.58 Å². The first-order chi connectivity index (χ1) is 18.6. The maximum atomic E-state index is 13.2. The lowest BCUT2D eigenvalue weighted by Gasteiger charge is -2.35. The maximum absolute atomic E-state index is 13.2. The van der Waals surface area contributed by atoms with Gasteiger partial charge in [-0.05, 0) is 43.3 Å². The Morgan fingerprint density at radius 3 is 2.67 bits per heavy atom. The predicted molar refractivity (Wildman–Crippen MR) is 157 cm³/mol. The second-order valence-electron chi connectivity index (χ2n) is 9.75. The van der Waals surface area contributed by atoms with E-state index < -0.39 is 9.73 Å². The third-order valence-electron chi connectivity index (χ3n) is 6.04. The zero-order chi connectivity index (χ0) is 27.7. The molecule has 1 atom stereocenters. The van der Waals surface area contributed by atoms with Crippen LogP contribution < -0.4 is 21.1 Å². The van der Waals surface area contributed by atoms with Gasteiger partial charge >= 0.3 is 0 Å². The van der Waals surface area contributed by atoms with Gasteiger partial charge in [0, 0.05) is 58.1 Å². The zero-order valence-electron chi connectivity index (χ0n) is 22.2. The summed E-state index contributed by atoms with van der Waals surface area (Å²) in [6.07, 6.45) is 6.21. The molecule has 0 spiro atoms. The van der Waals surface area contributed by atoms with Crippen LogP contribution in [0.4, 0.5) is 23.1 Å². The molecule has 0 saturated carbocycles. The van der Waals surface area contributed by atoms with Gasteiger partial charge < -0.3 is 15.5 Å². The lowest BCUT2D eigenvalue weighted by atomic mass is 10.1. The molecule has 4 aromatic rings. The van der Waals surface area contributed by atoms with Crippen molar-refractivity contribution in [3.05, 3.63) is 83.9 Å². The van der Waals surface area contributed by atoms with Crippen LogP contribution >= 0.6 is 0 Å². The summed E-state index contributed by atoms with van der Waals surface area (Å²) in [5.41, 5.74) is 3.01. The molecule has 12 heteroatoms. The van der Waals surface area contributed by atoms with Crippen LogP contribution in [0.3, 0.4) is 0 Å². The lowest BCUT2D eigenvalue weighted by molar-refractivity contribution is 0.541. The second kappa shape index (κ2) is 10.4. The Balaban J connectivity index is 1.51. The van der Waals surface area contributed by atoms with Crippen molar-refractivity contribution in [3.63, 3.8) is 0 Å². The quantitative estimate of drug-likeness (QED) is 0.338. The minimum Gasteiger partial charge on any atom is -0.383 e. The first-order valence-electron chi connectivity index (χ1n) is 12.4. The number of anilines is 3. The lowest BCUT2D eigenvalue weighted by Crippen LogP contribution is -2.47. The largest absolute Gasteiger partial charge is 0.383 e. The molecule has 0 unspecified atom stereocenters. The number of nitrogens with one attached hydrogen (secondary N) is 2. The average molecular weight is 546 g/mol. The van der Waals surface area contributed by atoms with Crippen molar-refractivity contribution in [2.24, 2.45) is 4.36 Å². The van der Waals surface area contributed by atoms with E-state index in [9.17, 15) is 9.00 Å². The fourth-order valence-corrected chi connectivity index (χ4v) is 5.11. The minimum absolute atomic E-state index is 0.234. The highest BCUT2D eigenvalue weighted by molar-refractivity contribution is 7.92. The van der Waals surface area contributed by atoms with E-state index in [1.165, 1.54) is 10.9 Å². The van der Waals surface area contributed by atoms with E-state index in [4.69, 9.17) is 0 Å². The van der Waals surface area contributed by atoms with Gasteiger partial charge in [-0.1, -0.05) is 18.7 Å². The number of pyridine rings is 1. The van der Waals surface area contributed by atoms with Crippen molar-refractivity contribution < 1.29 is 4.21 Å². The van der Waals surface area contributed by atoms with Crippen LogP contribution in [0.2, 0.25) is 0 Å². The maximum Gasteiger partial charge on any atom is 0.278 e. The van der Waals surface area contributed by atoms with Crippen LogP contribution in [-0.4, -0.2) is 60.2 Å². The molecule has 1 aliphatic heterocycles. The van der Waals surface area contributed by atoms with E-state index in [0.29, 0.717) is 34.7 Å². The van der Waals surface area contributed by atoms with Gasteiger partial charge in [0.25, 0.3) is 5.56 Å². The van der Waals surface area contributed by atoms with E-state index >= 15 is 0 Å².